The van der Waals surface area contributed by atoms with E-state index < -0.39 is 0 Å². The zero-order chi connectivity index (χ0) is 98.3. The molecule has 0 saturated heterocycles. The fourth-order valence-corrected chi connectivity index (χ4v) is 25.4. The molecule has 0 atom stereocenters. The number of rotatable bonds is 9. The van der Waals surface area contributed by atoms with Crippen LogP contribution in [0, 0.1) is 0 Å². The van der Waals surface area contributed by atoms with Crippen molar-refractivity contribution in [1.29, 1.82) is 0 Å². The normalized spacial score (nSPS) is 12.0. The predicted octanol–water partition coefficient (Wildman–Crippen LogP) is 39.0. The van der Waals surface area contributed by atoms with Crippen LogP contribution in [0.2, 0.25) is 0 Å². The van der Waals surface area contributed by atoms with E-state index in [1.54, 1.807) is 0 Å². The molecule has 0 amide bonds. The van der Waals surface area contributed by atoms with Gasteiger partial charge in [-0.15, -0.1) is 0 Å². The molecule has 696 valence electrons. The summed E-state index contributed by atoms with van der Waals surface area (Å²) in [5.41, 5.74) is 28.9. The lowest BCUT2D eigenvalue weighted by atomic mass is 9.94. The number of hydrogen-bond acceptors (Lipinski definition) is 0. The highest BCUT2D eigenvalue weighted by atomic mass is 15.0. The first-order valence-electron chi connectivity index (χ1n) is 51.8. The lowest BCUT2D eigenvalue weighted by Crippen LogP contribution is -1.95. The predicted molar refractivity (Wildman–Crippen MR) is 639 cm³/mol. The lowest BCUT2D eigenvalue weighted by Gasteiger charge is -2.14. The van der Waals surface area contributed by atoms with E-state index in [0.717, 1.165) is 0 Å². The van der Waals surface area contributed by atoms with Crippen molar-refractivity contribution in [1.82, 2.24) is 27.4 Å². The van der Waals surface area contributed by atoms with Gasteiger partial charge in [-0.3, -0.25) is 0 Å². The van der Waals surface area contributed by atoms with Crippen molar-refractivity contribution in [2.45, 2.75) is 0 Å². The minimum atomic E-state index is 1.17. The molecule has 0 fully saturated rings. The molecule has 6 heterocycles. The maximum atomic E-state index is 2.46. The summed E-state index contributed by atoms with van der Waals surface area (Å²) in [6.45, 7) is 0. The standard InChI is InChI=1S/3C48H30N2/c1-2-12-33(13-3-1)49-45-20-10-8-18-40(45)43-28-31(22-26-47(43)49)32-23-27-48-44(29-32)41-19-9-11-21-46(41)50(48)34-24-25-39-37-16-5-4-14-35(37)36-15-6-7-17-38(36)42(39)30-34;1-2-12-33(13-3-1)49-45-20-10-8-18-40(45)42-25-22-32(29-48(42)49)31-23-27-47-44(28-31)41-19-9-11-21-46(41)50(47)34-24-26-39-37-16-5-4-14-35(37)36-15-6-7-17-38(36)43(39)30-34;1-2-12-33(13-3-1)49-45-20-10-8-18-40(45)42-25-22-31(28-47(42)49)32-23-26-43-41-19-9-11-21-46(41)50(48(43)29-32)34-24-27-39-37-16-5-4-14-35(37)36-15-6-7-17-38(36)44(39)30-34/h3*1-30H. The van der Waals surface area contributed by atoms with Gasteiger partial charge in [0.15, 0.2) is 0 Å². The average Bonchev–Trinajstić information content (AvgIpc) is 1.62. The topological polar surface area (TPSA) is 29.6 Å². The van der Waals surface area contributed by atoms with Gasteiger partial charge in [0.05, 0.1) is 66.2 Å². The largest absolute Gasteiger partial charge is 0.309 e. The van der Waals surface area contributed by atoms with Crippen molar-refractivity contribution >= 4 is 228 Å². The number of aromatic nitrogens is 6. The number of hydrogen-bond donors (Lipinski definition) is 0. The van der Waals surface area contributed by atoms with Crippen molar-refractivity contribution in [3.05, 3.63) is 546 Å². The SMILES string of the molecule is c1ccc(-n2c3ccccc3c3cc(-c4ccc5c(c4)c4ccccc4n5-c4ccc5c6ccccc6c6ccccc6c5c4)ccc32)cc1.c1ccc(-n2c3ccccc3c3ccc(-c4ccc5c(c4)c4ccccc4n5-c4ccc5c6ccccc6c6ccccc6c5c4)cc32)cc1.c1ccc(-n2c3ccccc3c3ccc(-c4ccc5c6ccccc6n(-c6ccc7c8ccccc8c8ccccc8c7c6)c5c4)cc32)cc1. The van der Waals surface area contributed by atoms with E-state index in [-0.39, 0.29) is 0 Å². The summed E-state index contributed by atoms with van der Waals surface area (Å²) in [5, 5.41) is 38.4. The Morgan fingerprint density at radius 1 is 0.0733 bits per heavy atom. The Morgan fingerprint density at radius 2 is 0.220 bits per heavy atom. The Bertz CT molecular complexity index is 11400. The zero-order valence-corrected chi connectivity index (χ0v) is 81.6. The fourth-order valence-electron chi connectivity index (χ4n) is 25.4. The molecule has 0 spiro atoms. The Balaban J connectivity index is 0.000000101. The number of nitrogens with zero attached hydrogens (tertiary/aromatic N) is 6. The summed E-state index contributed by atoms with van der Waals surface area (Å²) in [7, 11) is 0. The van der Waals surface area contributed by atoms with Crippen LogP contribution in [-0.4, -0.2) is 27.4 Å². The summed E-state index contributed by atoms with van der Waals surface area (Å²) >= 11 is 0. The van der Waals surface area contributed by atoms with Gasteiger partial charge in [-0.1, -0.05) is 382 Å². The summed E-state index contributed by atoms with van der Waals surface area (Å²) in [6, 6.07) is 200. The first-order valence-corrected chi connectivity index (χ1v) is 51.8. The van der Waals surface area contributed by atoms with Gasteiger partial charge in [0.2, 0.25) is 0 Å². The van der Waals surface area contributed by atoms with Gasteiger partial charge in [-0.25, -0.2) is 0 Å². The Kier molecular flexibility index (Phi) is 19.1. The van der Waals surface area contributed by atoms with Crippen LogP contribution in [0.15, 0.2) is 546 Å². The van der Waals surface area contributed by atoms with E-state index in [1.165, 1.54) is 295 Å². The van der Waals surface area contributed by atoms with Gasteiger partial charge >= 0.3 is 0 Å². The molecule has 0 aliphatic carbocycles. The van der Waals surface area contributed by atoms with E-state index in [0.29, 0.717) is 0 Å². The number of para-hydroxylation sites is 9. The quantitative estimate of drug-likeness (QED) is 0.129. The molecule has 33 aromatic rings. The van der Waals surface area contributed by atoms with Crippen molar-refractivity contribution in [2.75, 3.05) is 0 Å². The summed E-state index contributed by atoms with van der Waals surface area (Å²) in [6.07, 6.45) is 0. The van der Waals surface area contributed by atoms with Gasteiger partial charge in [0.25, 0.3) is 0 Å². The third-order valence-electron chi connectivity index (χ3n) is 32.0. The molecule has 0 bridgehead atoms. The summed E-state index contributed by atoms with van der Waals surface area (Å²) < 4.78 is 14.5. The van der Waals surface area contributed by atoms with Crippen molar-refractivity contribution < 1.29 is 0 Å². The van der Waals surface area contributed by atoms with Gasteiger partial charge in [0, 0.05) is 98.8 Å². The van der Waals surface area contributed by atoms with Crippen molar-refractivity contribution in [2.24, 2.45) is 0 Å². The molecular weight excluding hydrogens is 1810 g/mol. The molecule has 0 unspecified atom stereocenters. The second-order valence-corrected chi connectivity index (χ2v) is 40.0. The van der Waals surface area contributed by atoms with E-state index >= 15 is 0 Å². The smallest absolute Gasteiger partial charge is 0.0547 e. The highest BCUT2D eigenvalue weighted by Gasteiger charge is 2.25. The summed E-state index contributed by atoms with van der Waals surface area (Å²) in [4.78, 5) is 0. The maximum Gasteiger partial charge on any atom is 0.0547 e. The fraction of sp³-hybridized carbons (Fsp3) is 0. The summed E-state index contributed by atoms with van der Waals surface area (Å²) in [5.74, 6) is 0. The van der Waals surface area contributed by atoms with E-state index in [1.807, 2.05) is 0 Å². The molecule has 0 aliphatic rings. The molecule has 0 N–H and O–H groups in total. The van der Waals surface area contributed by atoms with Gasteiger partial charge in [-0.2, -0.15) is 0 Å². The Labute approximate surface area is 862 Å². The highest BCUT2D eigenvalue weighted by Crippen LogP contribution is 2.48. The third-order valence-corrected chi connectivity index (χ3v) is 32.0. The Hall–Kier alpha value is -19.9. The second kappa shape index (κ2) is 33.9. The van der Waals surface area contributed by atoms with E-state index in [4.69, 9.17) is 0 Å². The maximum absolute atomic E-state index is 2.46. The highest BCUT2D eigenvalue weighted by molar-refractivity contribution is 6.30. The molecule has 150 heavy (non-hydrogen) atoms. The molecule has 0 saturated carbocycles. The minimum Gasteiger partial charge on any atom is -0.309 e. The van der Waals surface area contributed by atoms with Gasteiger partial charge in [0.1, 0.15) is 0 Å². The van der Waals surface area contributed by atoms with E-state index in [9.17, 15) is 0 Å². The molecule has 33 rings (SSSR count). The van der Waals surface area contributed by atoms with Crippen LogP contribution in [0.25, 0.3) is 295 Å². The lowest BCUT2D eigenvalue weighted by molar-refractivity contribution is 1.18. The Morgan fingerprint density at radius 3 is 0.460 bits per heavy atom. The minimum absolute atomic E-state index is 1.17. The molecular formula is C144H90N6. The zero-order valence-electron chi connectivity index (χ0n) is 81.6. The van der Waals surface area contributed by atoms with Crippen LogP contribution in [0.1, 0.15) is 0 Å². The molecule has 6 aromatic heterocycles. The second-order valence-electron chi connectivity index (χ2n) is 40.0. The molecule has 0 radical (unpaired) electrons. The molecule has 0 aliphatic heterocycles. The van der Waals surface area contributed by atoms with Crippen molar-refractivity contribution in [3.8, 4) is 67.5 Å². The van der Waals surface area contributed by atoms with Crippen LogP contribution >= 0.6 is 0 Å². The van der Waals surface area contributed by atoms with Crippen LogP contribution in [0.4, 0.5) is 0 Å². The first kappa shape index (κ1) is 84.6. The van der Waals surface area contributed by atoms with Crippen LogP contribution in [-0.2, 0) is 0 Å². The molecule has 6 heteroatoms. The van der Waals surface area contributed by atoms with Crippen LogP contribution in [0.5, 0.6) is 0 Å². The van der Waals surface area contributed by atoms with Crippen molar-refractivity contribution in [3.63, 3.8) is 0 Å². The van der Waals surface area contributed by atoms with E-state index in [2.05, 4.69) is 573 Å². The molecule has 27 aromatic carbocycles. The monoisotopic (exact) mass is 1900 g/mol. The van der Waals surface area contributed by atoms with Crippen LogP contribution < -0.4 is 0 Å². The molecule has 6 nitrogen and oxygen atoms in total. The van der Waals surface area contributed by atoms with Gasteiger partial charge in [-0.05, 0) is 294 Å². The third kappa shape index (κ3) is 13.1. The number of fused-ring (bicyclic) bond motifs is 36. The van der Waals surface area contributed by atoms with Crippen LogP contribution in [0.3, 0.4) is 0 Å². The first-order chi connectivity index (χ1) is 74.4. The average molecular weight is 1900 g/mol. The number of benzene rings is 27. The van der Waals surface area contributed by atoms with Gasteiger partial charge < -0.3 is 27.4 Å².